The summed E-state index contributed by atoms with van der Waals surface area (Å²) in [6.07, 6.45) is 1.75. The first kappa shape index (κ1) is 31.3. The molecule has 0 saturated carbocycles. The maximum absolute atomic E-state index is 12.8. The molecular formula is C18H34N8O6S2. The van der Waals surface area contributed by atoms with Crippen LogP contribution >= 0.6 is 24.4 Å². The third-order valence-corrected chi connectivity index (χ3v) is 5.41. The van der Waals surface area contributed by atoms with Crippen LogP contribution in [0.1, 0.15) is 25.7 Å². The summed E-state index contributed by atoms with van der Waals surface area (Å²) in [7, 11) is 0. The number of aliphatic carboxylic acids is 1. The van der Waals surface area contributed by atoms with Gasteiger partial charge < -0.3 is 44.0 Å². The number of carboxylic acids is 1. The molecule has 0 aliphatic carbocycles. The van der Waals surface area contributed by atoms with Crippen molar-refractivity contribution in [1.29, 1.82) is 0 Å². The molecule has 0 bridgehead atoms. The summed E-state index contributed by atoms with van der Waals surface area (Å²) in [5.74, 6) is -4.14. The quantitative estimate of drug-likeness (QED) is 0.0393. The number of carbonyl (C=O) groups excluding carboxylic acids is 4. The fourth-order valence-corrected chi connectivity index (χ4v) is 3.22. The third-order valence-electron chi connectivity index (χ3n) is 4.38. The standard InChI is InChI=1S/C18H34N8O6S2/c1-34-6-4-10(15(29)25-11(17(31)32)3-2-5-23-18(21)22)24-16(30)12(7-13(20)27)26-14(28)9(19)8-33/h9-12,33H,2-8,19H2,1H3,(H2,20,27)(H,24,30)(H,25,29)(H,26,28)(H,31,32)(H4,21,22,23). The minimum absolute atomic E-state index is 0.00470. The largest absolute Gasteiger partial charge is 0.480 e. The number of thiol groups is 1. The Labute approximate surface area is 207 Å². The van der Waals surface area contributed by atoms with Crippen molar-refractivity contribution in [3.63, 3.8) is 0 Å². The number of carboxylic acid groups (broad SMARTS) is 1. The van der Waals surface area contributed by atoms with Gasteiger partial charge >= 0.3 is 5.97 Å². The Hall–Kier alpha value is -2.72. The van der Waals surface area contributed by atoms with Crippen LogP contribution in [0.25, 0.3) is 0 Å². The van der Waals surface area contributed by atoms with Crippen LogP contribution in [0.4, 0.5) is 0 Å². The topological polar surface area (TPSA) is 258 Å². The molecule has 0 aromatic carbocycles. The molecule has 0 saturated heterocycles. The number of hydrogen-bond donors (Lipinski definition) is 9. The van der Waals surface area contributed by atoms with E-state index in [1.807, 2.05) is 0 Å². The van der Waals surface area contributed by atoms with E-state index in [-0.39, 0.29) is 37.5 Å². The van der Waals surface area contributed by atoms with Crippen molar-refractivity contribution >= 4 is 59.9 Å². The van der Waals surface area contributed by atoms with Gasteiger partial charge in [0.25, 0.3) is 0 Å². The van der Waals surface area contributed by atoms with Gasteiger partial charge in [0.1, 0.15) is 18.1 Å². The summed E-state index contributed by atoms with van der Waals surface area (Å²) in [6, 6.07) is -4.79. The molecule has 4 unspecified atom stereocenters. The number of aliphatic imine (C=N–C) groups is 1. The van der Waals surface area contributed by atoms with E-state index in [0.717, 1.165) is 0 Å². The van der Waals surface area contributed by atoms with Crippen LogP contribution in [0.5, 0.6) is 0 Å². The Bertz CT molecular complexity index is 750. The molecule has 0 fully saturated rings. The molecule has 194 valence electrons. The zero-order chi connectivity index (χ0) is 26.3. The van der Waals surface area contributed by atoms with Crippen molar-refractivity contribution in [2.75, 3.05) is 24.3 Å². The predicted molar refractivity (Wildman–Crippen MR) is 132 cm³/mol. The lowest BCUT2D eigenvalue weighted by molar-refractivity contribution is -0.142. The van der Waals surface area contributed by atoms with E-state index in [2.05, 4.69) is 33.6 Å². The fourth-order valence-electron chi connectivity index (χ4n) is 2.58. The molecule has 14 nitrogen and oxygen atoms in total. The van der Waals surface area contributed by atoms with Crippen molar-refractivity contribution in [1.82, 2.24) is 16.0 Å². The van der Waals surface area contributed by atoms with Gasteiger partial charge in [-0.1, -0.05) is 0 Å². The van der Waals surface area contributed by atoms with E-state index in [4.69, 9.17) is 22.9 Å². The highest BCUT2D eigenvalue weighted by Crippen LogP contribution is 2.06. The monoisotopic (exact) mass is 522 g/mol. The summed E-state index contributed by atoms with van der Waals surface area (Å²) in [5.41, 5.74) is 21.2. The average Bonchev–Trinajstić information content (AvgIpc) is 2.76. The van der Waals surface area contributed by atoms with Crippen LogP contribution in [0.2, 0.25) is 0 Å². The SMILES string of the molecule is CSCCC(NC(=O)C(CC(N)=O)NC(=O)C(N)CS)C(=O)NC(CCCN=C(N)N)C(=O)O. The molecule has 0 radical (unpaired) electrons. The van der Waals surface area contributed by atoms with Gasteiger partial charge in [0.2, 0.25) is 23.6 Å². The van der Waals surface area contributed by atoms with E-state index in [1.165, 1.54) is 11.8 Å². The van der Waals surface area contributed by atoms with Crippen molar-refractivity contribution in [2.45, 2.75) is 49.9 Å². The Kier molecular flexibility index (Phi) is 15.5. The number of primary amides is 1. The summed E-state index contributed by atoms with van der Waals surface area (Å²) in [5, 5.41) is 16.6. The molecule has 0 aromatic heterocycles. The lowest BCUT2D eigenvalue weighted by atomic mass is 10.1. The van der Waals surface area contributed by atoms with Gasteiger partial charge in [-0.2, -0.15) is 24.4 Å². The minimum Gasteiger partial charge on any atom is -0.480 e. The van der Waals surface area contributed by atoms with Gasteiger partial charge in [-0.25, -0.2) is 4.79 Å². The third kappa shape index (κ3) is 13.1. The minimum atomic E-state index is -1.38. The van der Waals surface area contributed by atoms with Gasteiger partial charge in [0, 0.05) is 12.3 Å². The van der Waals surface area contributed by atoms with E-state index >= 15 is 0 Å². The number of rotatable bonds is 17. The maximum atomic E-state index is 12.8. The van der Waals surface area contributed by atoms with Crippen molar-refractivity contribution in [3.05, 3.63) is 0 Å². The Morgan fingerprint density at radius 3 is 2.00 bits per heavy atom. The number of nitrogens with zero attached hydrogens (tertiary/aromatic N) is 1. The molecule has 12 N–H and O–H groups in total. The van der Waals surface area contributed by atoms with Crippen molar-refractivity contribution < 1.29 is 29.1 Å². The van der Waals surface area contributed by atoms with Crippen LogP contribution < -0.4 is 38.9 Å². The number of carbonyl (C=O) groups is 5. The van der Waals surface area contributed by atoms with E-state index in [9.17, 15) is 29.1 Å². The number of guanidine groups is 1. The lowest BCUT2D eigenvalue weighted by Crippen LogP contribution is -2.58. The number of nitrogens with one attached hydrogen (secondary N) is 3. The number of nitrogens with two attached hydrogens (primary N) is 4. The molecule has 0 heterocycles. The molecule has 0 aliphatic rings. The number of thioether (sulfide) groups is 1. The predicted octanol–water partition coefficient (Wildman–Crippen LogP) is -3.54. The first-order valence-electron chi connectivity index (χ1n) is 10.3. The average molecular weight is 523 g/mol. The summed E-state index contributed by atoms with van der Waals surface area (Å²) >= 11 is 5.31. The number of hydrogen-bond acceptors (Lipinski definition) is 9. The normalized spacial score (nSPS) is 14.1. The Morgan fingerprint density at radius 2 is 1.50 bits per heavy atom. The van der Waals surface area contributed by atoms with Crippen LogP contribution in [0, 0.1) is 0 Å². The van der Waals surface area contributed by atoms with Gasteiger partial charge in [-0.3, -0.25) is 24.2 Å². The second-order valence-electron chi connectivity index (χ2n) is 7.21. The van der Waals surface area contributed by atoms with Crippen LogP contribution in [-0.4, -0.2) is 89.1 Å². The van der Waals surface area contributed by atoms with Crippen LogP contribution in [0.3, 0.4) is 0 Å². The van der Waals surface area contributed by atoms with E-state index < -0.39 is 60.2 Å². The molecule has 4 atom stereocenters. The second-order valence-corrected chi connectivity index (χ2v) is 8.56. The molecule has 16 heteroatoms. The Morgan fingerprint density at radius 1 is 0.941 bits per heavy atom. The smallest absolute Gasteiger partial charge is 0.326 e. The second kappa shape index (κ2) is 16.8. The van der Waals surface area contributed by atoms with Gasteiger partial charge in [-0.15, -0.1) is 0 Å². The highest BCUT2D eigenvalue weighted by Gasteiger charge is 2.30. The molecule has 0 aliphatic heterocycles. The molecule has 34 heavy (non-hydrogen) atoms. The summed E-state index contributed by atoms with van der Waals surface area (Å²) < 4.78 is 0. The Balaban J connectivity index is 5.39. The van der Waals surface area contributed by atoms with Crippen LogP contribution in [0.15, 0.2) is 4.99 Å². The highest BCUT2D eigenvalue weighted by molar-refractivity contribution is 7.98. The maximum Gasteiger partial charge on any atom is 0.326 e. The zero-order valence-electron chi connectivity index (χ0n) is 18.9. The van der Waals surface area contributed by atoms with Gasteiger partial charge in [-0.05, 0) is 31.3 Å². The lowest BCUT2D eigenvalue weighted by Gasteiger charge is -2.24. The zero-order valence-corrected chi connectivity index (χ0v) is 20.6. The first-order valence-corrected chi connectivity index (χ1v) is 12.3. The van der Waals surface area contributed by atoms with E-state index in [1.54, 1.807) is 6.26 Å². The number of amides is 4. The molecular weight excluding hydrogens is 488 g/mol. The van der Waals surface area contributed by atoms with Gasteiger partial charge in [0.15, 0.2) is 5.96 Å². The molecule has 0 aromatic rings. The van der Waals surface area contributed by atoms with Crippen molar-refractivity contribution in [3.8, 4) is 0 Å². The highest BCUT2D eigenvalue weighted by atomic mass is 32.2. The molecule has 4 amide bonds. The van der Waals surface area contributed by atoms with Crippen molar-refractivity contribution in [2.24, 2.45) is 27.9 Å². The fraction of sp³-hybridized carbons (Fsp3) is 0.667. The molecule has 0 spiro atoms. The summed E-state index contributed by atoms with van der Waals surface area (Å²) in [4.78, 5) is 64.3. The van der Waals surface area contributed by atoms with E-state index in [0.29, 0.717) is 5.75 Å². The first-order chi connectivity index (χ1) is 15.9. The van der Waals surface area contributed by atoms with Crippen LogP contribution in [-0.2, 0) is 24.0 Å². The summed E-state index contributed by atoms with van der Waals surface area (Å²) in [6.45, 7) is 0.178. The molecule has 0 rings (SSSR count). The van der Waals surface area contributed by atoms with Gasteiger partial charge in [0.05, 0.1) is 12.5 Å².